The van der Waals surface area contributed by atoms with Crippen molar-refractivity contribution >= 4 is 22.7 Å². The van der Waals surface area contributed by atoms with Gasteiger partial charge in [0.1, 0.15) is 5.69 Å². The summed E-state index contributed by atoms with van der Waals surface area (Å²) < 4.78 is 2.26. The SMILES string of the molecule is O=[N+]([O-])c1ccccc1N=c1scc(-c2ccccc2)n1CC1CCCCC1. The molecule has 1 saturated carbocycles. The Morgan fingerprint density at radius 1 is 1.04 bits per heavy atom. The number of nitro groups is 1. The van der Waals surface area contributed by atoms with E-state index < -0.39 is 0 Å². The Labute approximate surface area is 168 Å². The predicted molar refractivity (Wildman–Crippen MR) is 113 cm³/mol. The van der Waals surface area contributed by atoms with Crippen molar-refractivity contribution in [3.05, 3.63) is 74.9 Å². The molecular weight excluding hydrogens is 370 g/mol. The lowest BCUT2D eigenvalue weighted by Gasteiger charge is -2.23. The van der Waals surface area contributed by atoms with Gasteiger partial charge >= 0.3 is 0 Å². The van der Waals surface area contributed by atoms with Crippen LogP contribution in [-0.2, 0) is 6.54 Å². The van der Waals surface area contributed by atoms with Gasteiger partial charge in [0.25, 0.3) is 5.69 Å². The van der Waals surface area contributed by atoms with E-state index in [1.807, 2.05) is 18.2 Å². The number of para-hydroxylation sites is 2. The van der Waals surface area contributed by atoms with E-state index in [0.717, 1.165) is 22.6 Å². The fourth-order valence-electron chi connectivity index (χ4n) is 3.88. The molecule has 144 valence electrons. The van der Waals surface area contributed by atoms with E-state index in [1.54, 1.807) is 29.5 Å². The Bertz CT molecular complexity index is 1020. The number of thiazole rings is 1. The first-order valence-electron chi connectivity index (χ1n) is 9.74. The van der Waals surface area contributed by atoms with Gasteiger partial charge in [0.2, 0.25) is 0 Å². The third-order valence-electron chi connectivity index (χ3n) is 5.33. The molecule has 0 bridgehead atoms. The molecule has 28 heavy (non-hydrogen) atoms. The summed E-state index contributed by atoms with van der Waals surface area (Å²) >= 11 is 1.55. The first-order valence-corrected chi connectivity index (χ1v) is 10.6. The van der Waals surface area contributed by atoms with E-state index in [9.17, 15) is 10.1 Å². The standard InChI is InChI=1S/C22H23N3O2S/c26-25(27)20-14-8-7-13-19(20)23-22-24(15-17-9-3-1-4-10-17)21(16-28-22)18-11-5-2-6-12-18/h2,5-8,11-14,16-17H,1,3-4,9-10,15H2. The van der Waals surface area contributed by atoms with Crippen LogP contribution in [0, 0.1) is 16.0 Å². The van der Waals surface area contributed by atoms with Crippen LogP contribution in [0.4, 0.5) is 11.4 Å². The molecule has 1 aliphatic carbocycles. The zero-order valence-electron chi connectivity index (χ0n) is 15.7. The predicted octanol–water partition coefficient (Wildman–Crippen LogP) is 5.94. The van der Waals surface area contributed by atoms with Gasteiger partial charge in [-0.15, -0.1) is 11.3 Å². The van der Waals surface area contributed by atoms with Crippen molar-refractivity contribution in [2.45, 2.75) is 38.6 Å². The molecule has 1 aliphatic rings. The number of nitro benzene ring substituents is 1. The number of aromatic nitrogens is 1. The molecule has 1 fully saturated rings. The van der Waals surface area contributed by atoms with Gasteiger partial charge in [-0.2, -0.15) is 0 Å². The lowest BCUT2D eigenvalue weighted by atomic mass is 9.89. The summed E-state index contributed by atoms with van der Waals surface area (Å²) in [5, 5.41) is 13.5. The Hall–Kier alpha value is -2.73. The summed E-state index contributed by atoms with van der Waals surface area (Å²) in [7, 11) is 0. The van der Waals surface area contributed by atoms with Crippen molar-refractivity contribution in [1.82, 2.24) is 4.57 Å². The van der Waals surface area contributed by atoms with Crippen LogP contribution in [0.2, 0.25) is 0 Å². The molecular formula is C22H23N3O2S. The zero-order valence-corrected chi connectivity index (χ0v) is 16.5. The van der Waals surface area contributed by atoms with E-state index in [4.69, 9.17) is 4.99 Å². The number of hydrogen-bond acceptors (Lipinski definition) is 4. The minimum atomic E-state index is -0.365. The minimum absolute atomic E-state index is 0.0429. The van der Waals surface area contributed by atoms with Crippen molar-refractivity contribution in [3.63, 3.8) is 0 Å². The molecule has 5 nitrogen and oxygen atoms in total. The number of nitrogens with zero attached hydrogens (tertiary/aromatic N) is 3. The van der Waals surface area contributed by atoms with Crippen molar-refractivity contribution in [2.24, 2.45) is 10.9 Å². The maximum absolute atomic E-state index is 11.4. The van der Waals surface area contributed by atoms with Crippen LogP contribution in [0.25, 0.3) is 11.3 Å². The smallest absolute Gasteiger partial charge is 0.294 e. The summed E-state index contributed by atoms with van der Waals surface area (Å²) in [5.41, 5.74) is 2.74. The maximum atomic E-state index is 11.4. The normalized spacial score (nSPS) is 15.6. The monoisotopic (exact) mass is 393 g/mol. The lowest BCUT2D eigenvalue weighted by molar-refractivity contribution is -0.384. The molecule has 0 spiro atoms. The minimum Gasteiger partial charge on any atom is -0.316 e. The molecule has 0 amide bonds. The van der Waals surface area contributed by atoms with E-state index in [0.29, 0.717) is 11.6 Å². The number of hydrogen-bond donors (Lipinski definition) is 0. The van der Waals surface area contributed by atoms with Gasteiger partial charge in [-0.25, -0.2) is 4.99 Å². The first kappa shape index (κ1) is 18.6. The Morgan fingerprint density at radius 3 is 2.50 bits per heavy atom. The third kappa shape index (κ3) is 4.07. The maximum Gasteiger partial charge on any atom is 0.294 e. The number of benzene rings is 2. The summed E-state index contributed by atoms with van der Waals surface area (Å²) in [6, 6.07) is 17.0. The van der Waals surface area contributed by atoms with Crippen molar-refractivity contribution in [3.8, 4) is 11.3 Å². The molecule has 3 aromatic rings. The molecule has 0 radical (unpaired) electrons. The van der Waals surface area contributed by atoms with E-state index in [1.165, 1.54) is 38.2 Å². The quantitative estimate of drug-likeness (QED) is 0.398. The Kier molecular flexibility index (Phi) is 5.67. The molecule has 0 aliphatic heterocycles. The molecule has 4 rings (SSSR count). The van der Waals surface area contributed by atoms with Gasteiger partial charge in [0.05, 0.1) is 10.6 Å². The second-order valence-corrected chi connectivity index (χ2v) is 8.08. The highest BCUT2D eigenvalue weighted by molar-refractivity contribution is 7.07. The zero-order chi connectivity index (χ0) is 19.3. The van der Waals surface area contributed by atoms with Gasteiger partial charge in [0.15, 0.2) is 4.80 Å². The molecule has 2 aromatic carbocycles. The van der Waals surface area contributed by atoms with Gasteiger partial charge in [-0.3, -0.25) is 10.1 Å². The molecule has 0 N–H and O–H groups in total. The molecule has 1 aromatic heterocycles. The lowest BCUT2D eigenvalue weighted by Crippen LogP contribution is -2.22. The topological polar surface area (TPSA) is 60.4 Å². The summed E-state index contributed by atoms with van der Waals surface area (Å²) in [6.45, 7) is 0.910. The largest absolute Gasteiger partial charge is 0.316 e. The molecule has 1 heterocycles. The van der Waals surface area contributed by atoms with Gasteiger partial charge in [-0.1, -0.05) is 61.7 Å². The van der Waals surface area contributed by atoms with Gasteiger partial charge in [-0.05, 0) is 30.4 Å². The Balaban J connectivity index is 1.81. The molecule has 6 heteroatoms. The van der Waals surface area contributed by atoms with Crippen LogP contribution in [0.1, 0.15) is 32.1 Å². The highest BCUT2D eigenvalue weighted by atomic mass is 32.1. The van der Waals surface area contributed by atoms with Crippen LogP contribution >= 0.6 is 11.3 Å². The van der Waals surface area contributed by atoms with Crippen LogP contribution in [0.15, 0.2) is 65.0 Å². The molecule has 0 atom stereocenters. The Morgan fingerprint density at radius 2 is 1.75 bits per heavy atom. The number of rotatable bonds is 5. The van der Waals surface area contributed by atoms with Crippen LogP contribution in [0.3, 0.4) is 0 Å². The van der Waals surface area contributed by atoms with Crippen LogP contribution in [-0.4, -0.2) is 9.49 Å². The van der Waals surface area contributed by atoms with Gasteiger partial charge < -0.3 is 4.57 Å². The first-order chi connectivity index (χ1) is 13.7. The van der Waals surface area contributed by atoms with Crippen LogP contribution in [0.5, 0.6) is 0 Å². The highest BCUT2D eigenvalue weighted by Crippen LogP contribution is 2.29. The van der Waals surface area contributed by atoms with E-state index in [-0.39, 0.29) is 10.6 Å². The van der Waals surface area contributed by atoms with Crippen molar-refractivity contribution < 1.29 is 4.92 Å². The average Bonchev–Trinajstić information content (AvgIpc) is 3.12. The van der Waals surface area contributed by atoms with Crippen molar-refractivity contribution in [1.29, 1.82) is 0 Å². The van der Waals surface area contributed by atoms with E-state index in [2.05, 4.69) is 22.1 Å². The average molecular weight is 394 g/mol. The summed E-state index contributed by atoms with van der Waals surface area (Å²) in [6.07, 6.45) is 6.37. The van der Waals surface area contributed by atoms with E-state index >= 15 is 0 Å². The third-order valence-corrected chi connectivity index (χ3v) is 6.19. The fraction of sp³-hybridized carbons (Fsp3) is 0.318. The second-order valence-electron chi connectivity index (χ2n) is 7.24. The van der Waals surface area contributed by atoms with Crippen LogP contribution < -0.4 is 4.80 Å². The molecule has 0 saturated heterocycles. The summed E-state index contributed by atoms with van der Waals surface area (Å²) in [5.74, 6) is 0.635. The second kappa shape index (κ2) is 8.52. The fourth-order valence-corrected chi connectivity index (χ4v) is 4.81. The van der Waals surface area contributed by atoms with Crippen molar-refractivity contribution in [2.75, 3.05) is 0 Å². The summed E-state index contributed by atoms with van der Waals surface area (Å²) in [4.78, 5) is 16.5. The highest BCUT2D eigenvalue weighted by Gasteiger charge is 2.18. The molecule has 0 unspecified atom stereocenters. The van der Waals surface area contributed by atoms with Gasteiger partial charge in [0, 0.05) is 18.0 Å².